The van der Waals surface area contributed by atoms with Gasteiger partial charge in [-0.1, -0.05) is 6.07 Å². The van der Waals surface area contributed by atoms with E-state index in [2.05, 4.69) is 9.97 Å². The van der Waals surface area contributed by atoms with Crippen molar-refractivity contribution in [3.05, 3.63) is 59.1 Å². The standard InChI is InChI=1S/C20H21N3O4S/c1-3-26-17(24)8-10-23(13-15-6-4-9-21-12-15)20(25)18-14(2)28-19(22-18)16-7-5-11-27-16/h4-7,9,11-12H,3,8,10,13H2,1-2H3. The minimum Gasteiger partial charge on any atom is -0.466 e. The number of amides is 1. The lowest BCUT2D eigenvalue weighted by Gasteiger charge is -2.22. The van der Waals surface area contributed by atoms with Gasteiger partial charge in [0.2, 0.25) is 0 Å². The Kier molecular flexibility index (Phi) is 6.54. The van der Waals surface area contributed by atoms with Crippen LogP contribution in [0.3, 0.4) is 0 Å². The number of hydrogen-bond donors (Lipinski definition) is 0. The first-order valence-electron chi connectivity index (χ1n) is 8.93. The number of aryl methyl sites for hydroxylation is 1. The van der Waals surface area contributed by atoms with Crippen LogP contribution in [-0.4, -0.2) is 39.9 Å². The van der Waals surface area contributed by atoms with Crippen molar-refractivity contribution in [3.63, 3.8) is 0 Å². The third-order valence-corrected chi connectivity index (χ3v) is 4.99. The van der Waals surface area contributed by atoms with Crippen LogP contribution in [0.2, 0.25) is 0 Å². The van der Waals surface area contributed by atoms with Crippen molar-refractivity contribution in [2.45, 2.75) is 26.8 Å². The number of nitrogens with zero attached hydrogens (tertiary/aromatic N) is 3. The number of thiazole rings is 1. The molecule has 28 heavy (non-hydrogen) atoms. The van der Waals surface area contributed by atoms with Crippen molar-refractivity contribution in [1.29, 1.82) is 0 Å². The molecule has 0 N–H and O–H groups in total. The third-order valence-electron chi connectivity index (χ3n) is 4.01. The Hall–Kier alpha value is -3.00. The van der Waals surface area contributed by atoms with Gasteiger partial charge in [-0.05, 0) is 37.6 Å². The predicted octanol–water partition coefficient (Wildman–Crippen LogP) is 3.70. The summed E-state index contributed by atoms with van der Waals surface area (Å²) in [5.74, 6) is 0.0509. The molecule has 0 bridgehead atoms. The van der Waals surface area contributed by atoms with Crippen molar-refractivity contribution in [2.75, 3.05) is 13.2 Å². The zero-order valence-electron chi connectivity index (χ0n) is 15.8. The summed E-state index contributed by atoms with van der Waals surface area (Å²) < 4.78 is 10.4. The number of pyridine rings is 1. The lowest BCUT2D eigenvalue weighted by molar-refractivity contribution is -0.143. The molecule has 3 aromatic rings. The van der Waals surface area contributed by atoms with E-state index >= 15 is 0 Å². The second-order valence-corrected chi connectivity index (χ2v) is 7.25. The van der Waals surface area contributed by atoms with Gasteiger partial charge in [-0.15, -0.1) is 11.3 Å². The van der Waals surface area contributed by atoms with Crippen LogP contribution in [0.5, 0.6) is 0 Å². The average molecular weight is 399 g/mol. The fraction of sp³-hybridized carbons (Fsp3) is 0.300. The average Bonchev–Trinajstić information content (AvgIpc) is 3.35. The van der Waals surface area contributed by atoms with E-state index in [0.717, 1.165) is 10.4 Å². The van der Waals surface area contributed by atoms with E-state index in [0.29, 0.717) is 29.6 Å². The SMILES string of the molecule is CCOC(=O)CCN(Cc1cccnc1)C(=O)c1nc(-c2ccco2)sc1C. The van der Waals surface area contributed by atoms with Crippen LogP contribution in [0.25, 0.3) is 10.8 Å². The van der Waals surface area contributed by atoms with Gasteiger partial charge in [-0.3, -0.25) is 14.6 Å². The summed E-state index contributed by atoms with van der Waals surface area (Å²) in [6.45, 7) is 4.49. The topological polar surface area (TPSA) is 85.5 Å². The molecule has 0 aliphatic carbocycles. The number of carbonyl (C=O) groups is 2. The number of aromatic nitrogens is 2. The van der Waals surface area contributed by atoms with Crippen LogP contribution in [0, 0.1) is 6.92 Å². The van der Waals surface area contributed by atoms with E-state index in [9.17, 15) is 9.59 Å². The molecular weight excluding hydrogens is 378 g/mol. The molecule has 0 aliphatic heterocycles. The molecule has 0 atom stereocenters. The molecule has 146 valence electrons. The molecular formula is C20H21N3O4S. The fourth-order valence-electron chi connectivity index (χ4n) is 2.67. The largest absolute Gasteiger partial charge is 0.466 e. The fourth-order valence-corrected chi connectivity index (χ4v) is 3.55. The van der Waals surface area contributed by atoms with E-state index in [1.54, 1.807) is 42.6 Å². The van der Waals surface area contributed by atoms with Gasteiger partial charge in [-0.25, -0.2) is 4.98 Å². The minimum absolute atomic E-state index is 0.119. The first-order valence-corrected chi connectivity index (χ1v) is 9.75. The summed E-state index contributed by atoms with van der Waals surface area (Å²) in [5.41, 5.74) is 1.24. The number of esters is 1. The first kappa shape index (κ1) is 19.8. The zero-order valence-corrected chi connectivity index (χ0v) is 16.6. The molecule has 0 aromatic carbocycles. The Morgan fingerprint density at radius 1 is 1.29 bits per heavy atom. The maximum absolute atomic E-state index is 13.2. The highest BCUT2D eigenvalue weighted by Crippen LogP contribution is 2.28. The summed E-state index contributed by atoms with van der Waals surface area (Å²) in [7, 11) is 0. The first-order chi connectivity index (χ1) is 13.6. The molecule has 0 spiro atoms. The smallest absolute Gasteiger partial charge is 0.307 e. The van der Waals surface area contributed by atoms with Crippen LogP contribution in [-0.2, 0) is 16.1 Å². The lowest BCUT2D eigenvalue weighted by Crippen LogP contribution is -2.33. The quantitative estimate of drug-likeness (QED) is 0.537. The molecule has 0 radical (unpaired) electrons. The molecule has 1 amide bonds. The molecule has 3 rings (SSSR count). The normalized spacial score (nSPS) is 10.6. The van der Waals surface area contributed by atoms with Crippen LogP contribution in [0.15, 0.2) is 47.3 Å². The molecule has 0 aliphatic rings. The van der Waals surface area contributed by atoms with Gasteiger partial charge in [0, 0.05) is 30.4 Å². The third kappa shape index (κ3) is 4.83. The van der Waals surface area contributed by atoms with Crippen LogP contribution in [0.1, 0.15) is 34.3 Å². The van der Waals surface area contributed by atoms with Crippen molar-refractivity contribution >= 4 is 23.2 Å². The van der Waals surface area contributed by atoms with Gasteiger partial charge in [0.05, 0.1) is 19.3 Å². The highest BCUT2D eigenvalue weighted by Gasteiger charge is 2.24. The van der Waals surface area contributed by atoms with Gasteiger partial charge >= 0.3 is 5.97 Å². The minimum atomic E-state index is -0.335. The number of furan rings is 1. The molecule has 8 heteroatoms. The van der Waals surface area contributed by atoms with Crippen LogP contribution >= 0.6 is 11.3 Å². The molecule has 7 nitrogen and oxygen atoms in total. The monoisotopic (exact) mass is 399 g/mol. The summed E-state index contributed by atoms with van der Waals surface area (Å²) in [6.07, 6.45) is 5.07. The van der Waals surface area contributed by atoms with Crippen molar-refractivity contribution < 1.29 is 18.7 Å². The Morgan fingerprint density at radius 3 is 2.82 bits per heavy atom. The highest BCUT2D eigenvalue weighted by molar-refractivity contribution is 7.15. The number of hydrogen-bond acceptors (Lipinski definition) is 7. The van der Waals surface area contributed by atoms with Gasteiger partial charge in [-0.2, -0.15) is 0 Å². The summed E-state index contributed by atoms with van der Waals surface area (Å²) >= 11 is 1.40. The Bertz CT molecular complexity index is 922. The molecule has 0 fully saturated rings. The van der Waals surface area contributed by atoms with Gasteiger partial charge in [0.15, 0.2) is 10.8 Å². The van der Waals surface area contributed by atoms with Crippen LogP contribution < -0.4 is 0 Å². The van der Waals surface area contributed by atoms with Crippen molar-refractivity contribution in [1.82, 2.24) is 14.9 Å². The second-order valence-electron chi connectivity index (χ2n) is 6.04. The molecule has 0 saturated carbocycles. The van der Waals surface area contributed by atoms with Crippen molar-refractivity contribution in [3.8, 4) is 10.8 Å². The van der Waals surface area contributed by atoms with E-state index < -0.39 is 0 Å². The van der Waals surface area contributed by atoms with E-state index in [1.165, 1.54) is 11.3 Å². The van der Waals surface area contributed by atoms with Gasteiger partial charge in [0.1, 0.15) is 5.69 Å². The molecule has 3 heterocycles. The number of ether oxygens (including phenoxy) is 1. The number of rotatable bonds is 8. The summed E-state index contributed by atoms with van der Waals surface area (Å²) in [5, 5.41) is 0.651. The number of carbonyl (C=O) groups excluding carboxylic acids is 2. The Labute approximate surface area is 167 Å². The van der Waals surface area contributed by atoms with E-state index in [1.807, 2.05) is 19.1 Å². The van der Waals surface area contributed by atoms with E-state index in [4.69, 9.17) is 9.15 Å². The second kappa shape index (κ2) is 9.27. The van der Waals surface area contributed by atoms with Crippen LogP contribution in [0.4, 0.5) is 0 Å². The zero-order chi connectivity index (χ0) is 19.9. The maximum atomic E-state index is 13.2. The van der Waals surface area contributed by atoms with Crippen molar-refractivity contribution in [2.24, 2.45) is 0 Å². The molecule has 0 saturated heterocycles. The summed E-state index contributed by atoms with van der Waals surface area (Å²) in [6, 6.07) is 7.29. The lowest BCUT2D eigenvalue weighted by atomic mass is 10.2. The van der Waals surface area contributed by atoms with Gasteiger partial charge < -0.3 is 14.1 Å². The molecule has 3 aromatic heterocycles. The molecule has 0 unspecified atom stereocenters. The van der Waals surface area contributed by atoms with E-state index in [-0.39, 0.29) is 24.8 Å². The maximum Gasteiger partial charge on any atom is 0.307 e. The predicted molar refractivity (Wildman–Crippen MR) is 105 cm³/mol. The Balaban J connectivity index is 1.82. The summed E-state index contributed by atoms with van der Waals surface area (Å²) in [4.78, 5) is 35.9. The highest BCUT2D eigenvalue weighted by atomic mass is 32.1. The Morgan fingerprint density at radius 2 is 2.14 bits per heavy atom. The van der Waals surface area contributed by atoms with Gasteiger partial charge in [0.25, 0.3) is 5.91 Å².